The van der Waals surface area contributed by atoms with Crippen LogP contribution in [0.1, 0.15) is 19.4 Å². The molecular weight excluding hydrogens is 266 g/mol. The number of nitrogens with two attached hydrogens (primary N) is 1. The Morgan fingerprint density at radius 3 is 2.58 bits per heavy atom. The lowest BCUT2D eigenvalue weighted by Crippen LogP contribution is -2.37. The van der Waals surface area contributed by atoms with Gasteiger partial charge in [0.15, 0.2) is 0 Å². The zero-order chi connectivity index (χ0) is 14.6. The Kier molecular flexibility index (Phi) is 5.04. The fraction of sp³-hybridized carbons (Fsp3) is 0.417. The van der Waals surface area contributed by atoms with Gasteiger partial charge in [-0.1, -0.05) is 6.07 Å². The average molecular weight is 285 g/mol. The summed E-state index contributed by atoms with van der Waals surface area (Å²) in [5.41, 5.74) is 6.67. The van der Waals surface area contributed by atoms with Crippen LogP contribution < -0.4 is 15.8 Å². The predicted octanol–water partition coefficient (Wildman–Crippen LogP) is 0.579. The molecule has 0 fully saturated rings. The maximum Gasteiger partial charge on any atom is 0.240 e. The van der Waals surface area contributed by atoms with E-state index in [2.05, 4.69) is 10.0 Å². The van der Waals surface area contributed by atoms with Crippen LogP contribution in [0.3, 0.4) is 0 Å². The van der Waals surface area contributed by atoms with E-state index < -0.39 is 10.0 Å². The van der Waals surface area contributed by atoms with Crippen molar-refractivity contribution in [2.75, 3.05) is 11.9 Å². The van der Waals surface area contributed by atoms with Gasteiger partial charge in [0.05, 0.1) is 4.90 Å². The van der Waals surface area contributed by atoms with Crippen LogP contribution >= 0.6 is 0 Å². The highest BCUT2D eigenvalue weighted by atomic mass is 32.2. The minimum Gasteiger partial charge on any atom is -0.329 e. The van der Waals surface area contributed by atoms with E-state index in [9.17, 15) is 13.2 Å². The summed E-state index contributed by atoms with van der Waals surface area (Å²) in [6.45, 7) is 5.05. The first-order valence-corrected chi connectivity index (χ1v) is 7.35. The summed E-state index contributed by atoms with van der Waals surface area (Å²) in [6.07, 6.45) is 0. The van der Waals surface area contributed by atoms with Gasteiger partial charge in [-0.25, -0.2) is 13.1 Å². The molecule has 7 heteroatoms. The summed E-state index contributed by atoms with van der Waals surface area (Å²) in [5, 5.41) is 2.60. The molecule has 19 heavy (non-hydrogen) atoms. The normalized spacial score (nSPS) is 13.1. The lowest BCUT2D eigenvalue weighted by atomic mass is 10.2. The Bertz CT molecular complexity index is 570. The van der Waals surface area contributed by atoms with Crippen LogP contribution in [0, 0.1) is 6.92 Å². The molecule has 0 spiro atoms. The summed E-state index contributed by atoms with van der Waals surface area (Å²) < 4.78 is 26.6. The molecule has 0 radical (unpaired) electrons. The summed E-state index contributed by atoms with van der Waals surface area (Å²) >= 11 is 0. The van der Waals surface area contributed by atoms with Crippen molar-refractivity contribution < 1.29 is 13.2 Å². The van der Waals surface area contributed by atoms with E-state index in [0.29, 0.717) is 5.69 Å². The van der Waals surface area contributed by atoms with Crippen LogP contribution in [-0.4, -0.2) is 26.9 Å². The lowest BCUT2D eigenvalue weighted by Gasteiger charge is -2.14. The molecule has 0 heterocycles. The number of carbonyl (C=O) groups is 1. The molecule has 0 unspecified atom stereocenters. The number of carbonyl (C=O) groups excluding carboxylic acids is 1. The SMILES string of the molecule is CC(=O)Nc1cc(S(=O)(=O)N[C@@H](C)CN)ccc1C. The van der Waals surface area contributed by atoms with Gasteiger partial charge in [-0.2, -0.15) is 0 Å². The third-order valence-electron chi connectivity index (χ3n) is 2.54. The van der Waals surface area contributed by atoms with E-state index in [-0.39, 0.29) is 23.4 Å². The fourth-order valence-electron chi connectivity index (χ4n) is 1.47. The number of anilines is 1. The van der Waals surface area contributed by atoms with Gasteiger partial charge in [-0.15, -0.1) is 0 Å². The number of hydrogen-bond acceptors (Lipinski definition) is 4. The van der Waals surface area contributed by atoms with E-state index in [4.69, 9.17) is 5.73 Å². The third kappa shape index (κ3) is 4.30. The van der Waals surface area contributed by atoms with Crippen LogP contribution in [0.15, 0.2) is 23.1 Å². The number of benzene rings is 1. The van der Waals surface area contributed by atoms with E-state index >= 15 is 0 Å². The van der Waals surface area contributed by atoms with Crippen LogP contribution in [-0.2, 0) is 14.8 Å². The minimum absolute atomic E-state index is 0.0992. The maximum absolute atomic E-state index is 12.1. The molecular formula is C12H19N3O3S. The Labute approximate surface area is 113 Å². The predicted molar refractivity (Wildman–Crippen MR) is 74.3 cm³/mol. The van der Waals surface area contributed by atoms with Gasteiger partial charge in [0.1, 0.15) is 0 Å². The smallest absolute Gasteiger partial charge is 0.240 e. The van der Waals surface area contributed by atoms with E-state index in [1.807, 2.05) is 0 Å². The Morgan fingerprint density at radius 1 is 1.42 bits per heavy atom. The molecule has 0 saturated heterocycles. The molecule has 0 aromatic heterocycles. The highest BCUT2D eigenvalue weighted by Crippen LogP contribution is 2.20. The molecule has 0 saturated carbocycles. The van der Waals surface area contributed by atoms with Crippen molar-refractivity contribution in [3.05, 3.63) is 23.8 Å². The van der Waals surface area contributed by atoms with Gasteiger partial charge in [0.2, 0.25) is 15.9 Å². The van der Waals surface area contributed by atoms with Crippen LogP contribution in [0.5, 0.6) is 0 Å². The van der Waals surface area contributed by atoms with Gasteiger partial charge in [-0.3, -0.25) is 4.79 Å². The van der Waals surface area contributed by atoms with Gasteiger partial charge in [-0.05, 0) is 31.5 Å². The number of aryl methyl sites for hydroxylation is 1. The van der Waals surface area contributed by atoms with Crippen molar-refractivity contribution in [2.45, 2.75) is 31.7 Å². The molecule has 1 rings (SSSR count). The van der Waals surface area contributed by atoms with Crippen molar-refractivity contribution in [1.82, 2.24) is 4.72 Å². The molecule has 1 aromatic rings. The summed E-state index contributed by atoms with van der Waals surface area (Å²) in [7, 11) is -3.63. The number of sulfonamides is 1. The van der Waals surface area contributed by atoms with Crippen LogP contribution in [0.25, 0.3) is 0 Å². The molecule has 106 valence electrons. The molecule has 6 nitrogen and oxygen atoms in total. The second kappa shape index (κ2) is 6.14. The Balaban J connectivity index is 3.11. The van der Waals surface area contributed by atoms with Crippen molar-refractivity contribution in [1.29, 1.82) is 0 Å². The van der Waals surface area contributed by atoms with Crippen molar-refractivity contribution in [3.63, 3.8) is 0 Å². The molecule has 1 aromatic carbocycles. The molecule has 1 amide bonds. The largest absolute Gasteiger partial charge is 0.329 e. The second-order valence-electron chi connectivity index (χ2n) is 4.42. The maximum atomic E-state index is 12.1. The molecule has 0 aliphatic carbocycles. The van der Waals surface area contributed by atoms with E-state index in [0.717, 1.165) is 5.56 Å². The first kappa shape index (κ1) is 15.6. The van der Waals surface area contributed by atoms with Crippen LogP contribution in [0.2, 0.25) is 0 Å². The fourth-order valence-corrected chi connectivity index (χ4v) is 2.76. The van der Waals surface area contributed by atoms with Gasteiger partial charge >= 0.3 is 0 Å². The first-order valence-electron chi connectivity index (χ1n) is 5.87. The van der Waals surface area contributed by atoms with E-state index in [1.165, 1.54) is 19.1 Å². The molecule has 0 bridgehead atoms. The number of rotatable bonds is 5. The van der Waals surface area contributed by atoms with Crippen molar-refractivity contribution in [3.8, 4) is 0 Å². The topological polar surface area (TPSA) is 101 Å². The highest BCUT2D eigenvalue weighted by Gasteiger charge is 2.17. The number of nitrogens with one attached hydrogen (secondary N) is 2. The minimum atomic E-state index is -3.63. The lowest BCUT2D eigenvalue weighted by molar-refractivity contribution is -0.114. The molecule has 1 atom stereocenters. The standard InChI is InChI=1S/C12H19N3O3S/c1-8-4-5-11(6-12(8)14-10(3)16)19(17,18)15-9(2)7-13/h4-6,9,15H,7,13H2,1-3H3,(H,14,16)/t9-/m0/s1. The van der Waals surface area contributed by atoms with Crippen molar-refractivity contribution in [2.24, 2.45) is 5.73 Å². The zero-order valence-corrected chi connectivity index (χ0v) is 12.0. The summed E-state index contributed by atoms with van der Waals surface area (Å²) in [5.74, 6) is -0.249. The molecule has 0 aliphatic rings. The van der Waals surface area contributed by atoms with Gasteiger partial charge < -0.3 is 11.1 Å². The Hall–Kier alpha value is -1.44. The summed E-state index contributed by atoms with van der Waals surface area (Å²) in [4.78, 5) is 11.2. The summed E-state index contributed by atoms with van der Waals surface area (Å²) in [6, 6.07) is 4.22. The van der Waals surface area contributed by atoms with Gasteiger partial charge in [0.25, 0.3) is 0 Å². The quantitative estimate of drug-likeness (QED) is 0.736. The van der Waals surface area contributed by atoms with Crippen LogP contribution in [0.4, 0.5) is 5.69 Å². The zero-order valence-electron chi connectivity index (χ0n) is 11.2. The van der Waals surface area contributed by atoms with E-state index in [1.54, 1.807) is 19.9 Å². The van der Waals surface area contributed by atoms with Gasteiger partial charge in [0, 0.05) is 25.2 Å². The Morgan fingerprint density at radius 2 is 2.05 bits per heavy atom. The molecule has 4 N–H and O–H groups in total. The number of amides is 1. The average Bonchev–Trinajstić information content (AvgIpc) is 2.30. The second-order valence-corrected chi connectivity index (χ2v) is 6.13. The highest BCUT2D eigenvalue weighted by molar-refractivity contribution is 7.89. The number of hydrogen-bond donors (Lipinski definition) is 3. The first-order chi connectivity index (χ1) is 8.76. The van der Waals surface area contributed by atoms with Crippen molar-refractivity contribution >= 4 is 21.6 Å². The monoisotopic (exact) mass is 285 g/mol. The third-order valence-corrected chi connectivity index (χ3v) is 4.13. The molecule has 0 aliphatic heterocycles.